The Kier molecular flexibility index (Phi) is 7.06. The lowest BCUT2D eigenvalue weighted by atomic mass is 10.2. The summed E-state index contributed by atoms with van der Waals surface area (Å²) in [6.07, 6.45) is 0. The molecule has 0 aliphatic heterocycles. The van der Waals surface area contributed by atoms with Gasteiger partial charge >= 0.3 is 0 Å². The van der Waals surface area contributed by atoms with E-state index in [1.807, 2.05) is 13.8 Å². The monoisotopic (exact) mass is 273 g/mol. The number of quaternary nitrogens is 1. The molecule has 0 aliphatic rings. The molecule has 0 aromatic heterocycles. The van der Waals surface area contributed by atoms with Gasteiger partial charge in [0.1, 0.15) is 12.1 Å². The zero-order valence-corrected chi connectivity index (χ0v) is 12.2. The second-order valence-corrected chi connectivity index (χ2v) is 5.02. The van der Waals surface area contributed by atoms with Crippen molar-refractivity contribution in [1.29, 1.82) is 0 Å². The quantitative estimate of drug-likeness (QED) is 0.455. The highest BCUT2D eigenvalue weighted by Crippen LogP contribution is 1.89. The summed E-state index contributed by atoms with van der Waals surface area (Å²) in [5, 5.41) is 7.76. The highest BCUT2D eigenvalue weighted by atomic mass is 16.2. The lowest BCUT2D eigenvalue weighted by molar-refractivity contribution is -0.398. The van der Waals surface area contributed by atoms with E-state index in [-0.39, 0.29) is 17.9 Å². The van der Waals surface area contributed by atoms with Crippen LogP contribution < -0.4 is 21.7 Å². The molecule has 110 valence electrons. The third-order valence-corrected chi connectivity index (χ3v) is 2.38. The Morgan fingerprint density at radius 2 is 1.11 bits per heavy atom. The summed E-state index contributed by atoms with van der Waals surface area (Å²) in [5.41, 5.74) is 3.56. The number of hydrogen-bond donors (Lipinski definition) is 4. The zero-order chi connectivity index (χ0) is 15.2. The first-order valence-corrected chi connectivity index (χ1v) is 6.39. The molecule has 0 unspecified atom stereocenters. The third-order valence-electron chi connectivity index (χ3n) is 2.38. The first-order valence-electron chi connectivity index (χ1n) is 6.39. The molecular weight excluding hydrogens is 248 g/mol. The maximum Gasteiger partial charge on any atom is 0.278 e. The minimum atomic E-state index is -0.703. The third kappa shape index (κ3) is 6.76. The van der Waals surface area contributed by atoms with E-state index in [0.29, 0.717) is 0 Å². The van der Waals surface area contributed by atoms with E-state index in [9.17, 15) is 14.4 Å². The molecule has 19 heavy (non-hydrogen) atoms. The maximum atomic E-state index is 11.8. The van der Waals surface area contributed by atoms with E-state index in [1.54, 1.807) is 20.8 Å². The molecule has 0 heterocycles. The number of carbonyl (C=O) groups is 3. The maximum absolute atomic E-state index is 11.8. The predicted molar refractivity (Wildman–Crippen MR) is 70.8 cm³/mol. The van der Waals surface area contributed by atoms with E-state index in [0.717, 1.165) is 0 Å². The second kappa shape index (κ2) is 7.73. The summed E-state index contributed by atoms with van der Waals surface area (Å²) >= 11 is 0. The van der Waals surface area contributed by atoms with Crippen LogP contribution in [0.2, 0.25) is 0 Å². The van der Waals surface area contributed by atoms with Crippen molar-refractivity contribution in [2.24, 2.45) is 0 Å². The van der Waals surface area contributed by atoms with Crippen LogP contribution in [0, 0.1) is 0 Å². The molecule has 7 heteroatoms. The lowest BCUT2D eigenvalue weighted by Crippen LogP contribution is -2.67. The first kappa shape index (κ1) is 17.4. The summed E-state index contributed by atoms with van der Waals surface area (Å²) < 4.78 is 0. The van der Waals surface area contributed by atoms with Crippen LogP contribution in [-0.4, -0.2) is 41.9 Å². The summed E-state index contributed by atoms with van der Waals surface area (Å²) in [7, 11) is 0. The second-order valence-electron chi connectivity index (χ2n) is 5.02. The highest BCUT2D eigenvalue weighted by molar-refractivity contribution is 5.92. The number of amides is 3. The fourth-order valence-electron chi connectivity index (χ4n) is 1.23. The Balaban J connectivity index is 4.29. The van der Waals surface area contributed by atoms with Crippen molar-refractivity contribution in [1.82, 2.24) is 16.0 Å². The Morgan fingerprint density at radius 3 is 1.47 bits per heavy atom. The summed E-state index contributed by atoms with van der Waals surface area (Å²) in [6.45, 7) is 8.46. The smallest absolute Gasteiger partial charge is 0.278 e. The zero-order valence-electron chi connectivity index (χ0n) is 12.2. The molecule has 3 atom stereocenters. The Morgan fingerprint density at radius 1 is 0.737 bits per heavy atom. The average molecular weight is 273 g/mol. The van der Waals surface area contributed by atoms with E-state index in [4.69, 9.17) is 0 Å². The van der Waals surface area contributed by atoms with Crippen LogP contribution in [0.3, 0.4) is 0 Å². The Hall–Kier alpha value is -1.63. The van der Waals surface area contributed by atoms with Gasteiger partial charge in [0.15, 0.2) is 6.04 Å². The van der Waals surface area contributed by atoms with Crippen LogP contribution >= 0.6 is 0 Å². The van der Waals surface area contributed by atoms with E-state index < -0.39 is 24.0 Å². The van der Waals surface area contributed by atoms with Crippen LogP contribution in [0.1, 0.15) is 34.6 Å². The molecule has 0 bridgehead atoms. The number of carbonyl (C=O) groups excluding carboxylic acids is 3. The van der Waals surface area contributed by atoms with Crippen molar-refractivity contribution in [3.8, 4) is 0 Å². The first-order chi connectivity index (χ1) is 8.65. The van der Waals surface area contributed by atoms with E-state index in [1.165, 1.54) is 0 Å². The topological polar surface area (TPSA) is 115 Å². The van der Waals surface area contributed by atoms with Crippen LogP contribution in [-0.2, 0) is 14.4 Å². The average Bonchev–Trinajstić information content (AvgIpc) is 2.27. The van der Waals surface area contributed by atoms with Gasteiger partial charge in [-0.25, -0.2) is 0 Å². The molecule has 0 aromatic rings. The van der Waals surface area contributed by atoms with E-state index >= 15 is 0 Å². The van der Waals surface area contributed by atoms with Gasteiger partial charge in [0.25, 0.3) is 5.91 Å². The van der Waals surface area contributed by atoms with Crippen molar-refractivity contribution >= 4 is 17.7 Å². The summed E-state index contributed by atoms with van der Waals surface area (Å²) in [5.74, 6) is -0.963. The molecule has 7 nitrogen and oxygen atoms in total. The van der Waals surface area contributed by atoms with Crippen molar-refractivity contribution in [2.75, 3.05) is 0 Å². The molecule has 0 aliphatic carbocycles. The van der Waals surface area contributed by atoms with Gasteiger partial charge in [-0.1, -0.05) is 0 Å². The van der Waals surface area contributed by atoms with Gasteiger partial charge in [0.2, 0.25) is 11.8 Å². The summed E-state index contributed by atoms with van der Waals surface area (Å²) in [4.78, 5) is 34.8. The van der Waals surface area contributed by atoms with Gasteiger partial charge in [-0.15, -0.1) is 0 Å². The van der Waals surface area contributed by atoms with Crippen molar-refractivity contribution in [3.63, 3.8) is 0 Å². The minimum absolute atomic E-state index is 0.0102. The number of nitrogens with one attached hydrogen (secondary N) is 3. The Bertz CT molecular complexity index is 342. The molecule has 0 saturated heterocycles. The molecule has 0 rings (SSSR count). The standard InChI is InChI=1S/C12H24N4O3/c1-6(2)14-11(18)8(4)16-12(19)9(5)15-10(17)7(3)13/h6-9H,13H2,1-5H3,(H,14,18)(H,15,17)(H,16,19)/p+1/t7-,8-,9-/m0/s1. The molecule has 3 amide bonds. The number of hydrogen-bond acceptors (Lipinski definition) is 3. The molecule has 0 spiro atoms. The van der Waals surface area contributed by atoms with Gasteiger partial charge in [-0.3, -0.25) is 14.4 Å². The summed E-state index contributed by atoms with van der Waals surface area (Å²) in [6, 6.07) is -1.77. The van der Waals surface area contributed by atoms with Gasteiger partial charge in [-0.05, 0) is 34.6 Å². The normalized spacial score (nSPS) is 15.3. The van der Waals surface area contributed by atoms with Crippen LogP contribution in [0.15, 0.2) is 0 Å². The van der Waals surface area contributed by atoms with Crippen molar-refractivity contribution in [2.45, 2.75) is 58.8 Å². The van der Waals surface area contributed by atoms with Crippen molar-refractivity contribution in [3.05, 3.63) is 0 Å². The molecule has 0 radical (unpaired) electrons. The molecule has 0 aromatic carbocycles. The van der Waals surface area contributed by atoms with Gasteiger partial charge in [0.05, 0.1) is 0 Å². The van der Waals surface area contributed by atoms with Gasteiger partial charge in [-0.2, -0.15) is 0 Å². The Labute approximate surface area is 113 Å². The molecule has 0 saturated carbocycles. The fourth-order valence-corrected chi connectivity index (χ4v) is 1.23. The fraction of sp³-hybridized carbons (Fsp3) is 0.750. The molecule has 0 fully saturated rings. The highest BCUT2D eigenvalue weighted by Gasteiger charge is 2.22. The number of rotatable bonds is 6. The SMILES string of the molecule is CC(C)NC(=O)[C@H](C)NC(=O)[C@H](C)NC(=O)[C@H](C)[NH3+]. The van der Waals surface area contributed by atoms with Crippen LogP contribution in [0.5, 0.6) is 0 Å². The van der Waals surface area contributed by atoms with Crippen LogP contribution in [0.4, 0.5) is 0 Å². The van der Waals surface area contributed by atoms with Crippen LogP contribution in [0.25, 0.3) is 0 Å². The molecular formula is C12H25N4O3+. The molecule has 6 N–H and O–H groups in total. The largest absolute Gasteiger partial charge is 0.352 e. The van der Waals surface area contributed by atoms with E-state index in [2.05, 4.69) is 21.7 Å². The van der Waals surface area contributed by atoms with Crippen molar-refractivity contribution < 1.29 is 20.1 Å². The van der Waals surface area contributed by atoms with Gasteiger partial charge in [0, 0.05) is 6.04 Å². The minimum Gasteiger partial charge on any atom is -0.352 e. The predicted octanol–water partition coefficient (Wildman–Crippen LogP) is -1.85. The van der Waals surface area contributed by atoms with Gasteiger partial charge < -0.3 is 21.7 Å². The lowest BCUT2D eigenvalue weighted by Gasteiger charge is -2.19.